The second kappa shape index (κ2) is 13.0. The minimum atomic E-state index is -3.61. The number of sulfone groups is 1. The van der Waals surface area contributed by atoms with Gasteiger partial charge in [0.25, 0.3) is 0 Å². The van der Waals surface area contributed by atoms with Crippen molar-refractivity contribution in [2.24, 2.45) is 5.41 Å². The molecule has 7 nitrogen and oxygen atoms in total. The van der Waals surface area contributed by atoms with Crippen molar-refractivity contribution in [2.75, 3.05) is 11.5 Å². The van der Waals surface area contributed by atoms with Crippen LogP contribution in [0.5, 0.6) is 11.5 Å². The summed E-state index contributed by atoms with van der Waals surface area (Å²) < 4.78 is 36.8. The Labute approximate surface area is 234 Å². The summed E-state index contributed by atoms with van der Waals surface area (Å²) in [5.74, 6) is 1.17. The van der Waals surface area contributed by atoms with Gasteiger partial charge in [0, 0.05) is 19.1 Å². The molecule has 0 bridgehead atoms. The summed E-state index contributed by atoms with van der Waals surface area (Å²) in [4.78, 5) is 24.3. The van der Waals surface area contributed by atoms with E-state index in [1.807, 2.05) is 6.92 Å². The molecular formula is C30H31NO6S2. The summed E-state index contributed by atoms with van der Waals surface area (Å²) in [5.41, 5.74) is 0.951. The van der Waals surface area contributed by atoms with Crippen molar-refractivity contribution < 1.29 is 27.5 Å². The molecule has 0 saturated heterocycles. The Morgan fingerprint density at radius 3 is 1.95 bits per heavy atom. The average Bonchev–Trinajstić information content (AvgIpc) is 2.89. The fourth-order valence-corrected chi connectivity index (χ4v) is 5.98. The van der Waals surface area contributed by atoms with E-state index in [1.165, 1.54) is 30.8 Å². The highest BCUT2D eigenvalue weighted by molar-refractivity contribution is 8.00. The zero-order valence-electron chi connectivity index (χ0n) is 22.3. The van der Waals surface area contributed by atoms with Gasteiger partial charge < -0.3 is 9.47 Å². The van der Waals surface area contributed by atoms with E-state index in [9.17, 15) is 23.3 Å². The van der Waals surface area contributed by atoms with Crippen molar-refractivity contribution in [3.63, 3.8) is 0 Å². The molecule has 0 aliphatic carbocycles. The van der Waals surface area contributed by atoms with E-state index in [0.29, 0.717) is 17.3 Å². The standard InChI is InChI=1S/C30H31NO6S2/c1-21-5-13-27(14-6-21)39(34,35)28-15-11-26(12-16-28)37-25-9-7-23(8-10-25)17-24(33)18-38-19-29(36-22(2)32)30(3,4)20-31/h5-16,29H,17-19H2,1-4H3. The maximum atomic E-state index is 12.8. The van der Waals surface area contributed by atoms with Gasteiger partial charge in [-0.3, -0.25) is 9.59 Å². The molecule has 0 aliphatic heterocycles. The summed E-state index contributed by atoms with van der Waals surface area (Å²) in [5, 5.41) is 9.34. The van der Waals surface area contributed by atoms with Crippen molar-refractivity contribution in [3.8, 4) is 17.6 Å². The molecule has 0 N–H and O–H groups in total. The third-order valence-corrected chi connectivity index (χ3v) is 8.81. The Bertz CT molecular complexity index is 1440. The fourth-order valence-electron chi connectivity index (χ4n) is 3.57. The lowest BCUT2D eigenvalue weighted by atomic mass is 9.89. The quantitative estimate of drug-likeness (QED) is 0.248. The smallest absolute Gasteiger partial charge is 0.302 e. The number of aryl methyl sites for hydroxylation is 1. The minimum absolute atomic E-state index is 0.00961. The van der Waals surface area contributed by atoms with E-state index in [4.69, 9.17) is 9.47 Å². The van der Waals surface area contributed by atoms with Crippen LogP contribution in [0.2, 0.25) is 0 Å². The number of benzene rings is 3. The molecule has 0 fully saturated rings. The van der Waals surface area contributed by atoms with E-state index in [2.05, 4.69) is 6.07 Å². The normalized spacial score (nSPS) is 12.3. The van der Waals surface area contributed by atoms with Gasteiger partial charge in [-0.05, 0) is 74.9 Å². The van der Waals surface area contributed by atoms with Crippen molar-refractivity contribution in [2.45, 2.75) is 50.0 Å². The van der Waals surface area contributed by atoms with Gasteiger partial charge in [0.05, 0.1) is 27.0 Å². The van der Waals surface area contributed by atoms with Crippen LogP contribution in [0.15, 0.2) is 82.6 Å². The highest BCUT2D eigenvalue weighted by Gasteiger charge is 2.32. The molecular weight excluding hydrogens is 534 g/mol. The number of nitriles is 1. The summed E-state index contributed by atoms with van der Waals surface area (Å²) in [6, 6.07) is 22.2. The number of esters is 1. The Hall–Kier alpha value is -3.61. The zero-order valence-corrected chi connectivity index (χ0v) is 24.0. The molecule has 0 saturated carbocycles. The highest BCUT2D eigenvalue weighted by Crippen LogP contribution is 2.28. The number of carbonyl (C=O) groups is 2. The molecule has 1 atom stereocenters. The average molecular weight is 566 g/mol. The first kappa shape index (κ1) is 29.9. The number of thioether (sulfide) groups is 1. The summed E-state index contributed by atoms with van der Waals surface area (Å²) in [7, 11) is -3.61. The second-order valence-corrected chi connectivity index (χ2v) is 12.7. The van der Waals surface area contributed by atoms with Crippen molar-refractivity contribution in [1.82, 2.24) is 0 Å². The van der Waals surface area contributed by atoms with Crippen LogP contribution in [-0.2, 0) is 30.6 Å². The van der Waals surface area contributed by atoms with E-state index in [-0.39, 0.29) is 27.7 Å². The molecule has 0 aromatic heterocycles. The summed E-state index contributed by atoms with van der Waals surface area (Å²) in [6.45, 7) is 6.61. The van der Waals surface area contributed by atoms with Crippen LogP contribution < -0.4 is 4.74 Å². The second-order valence-electron chi connectivity index (χ2n) is 9.70. The zero-order chi connectivity index (χ0) is 28.6. The molecule has 0 spiro atoms. The molecule has 0 heterocycles. The van der Waals surface area contributed by atoms with Gasteiger partial charge in [0.2, 0.25) is 9.84 Å². The first-order chi connectivity index (χ1) is 18.4. The van der Waals surface area contributed by atoms with Gasteiger partial charge in [-0.2, -0.15) is 17.0 Å². The molecule has 9 heteroatoms. The van der Waals surface area contributed by atoms with Crippen LogP contribution >= 0.6 is 11.8 Å². The van der Waals surface area contributed by atoms with Crippen LogP contribution in [0.4, 0.5) is 0 Å². The van der Waals surface area contributed by atoms with Crippen molar-refractivity contribution in [1.29, 1.82) is 5.26 Å². The van der Waals surface area contributed by atoms with Gasteiger partial charge in [-0.15, -0.1) is 0 Å². The van der Waals surface area contributed by atoms with Gasteiger partial charge >= 0.3 is 5.97 Å². The molecule has 204 valence electrons. The topological polar surface area (TPSA) is 111 Å². The minimum Gasteiger partial charge on any atom is -0.460 e. The predicted octanol–water partition coefficient (Wildman–Crippen LogP) is 5.95. The molecule has 3 rings (SSSR count). The predicted molar refractivity (Wildman–Crippen MR) is 151 cm³/mol. The summed E-state index contributed by atoms with van der Waals surface area (Å²) >= 11 is 1.33. The molecule has 3 aromatic rings. The Balaban J connectivity index is 1.53. The van der Waals surface area contributed by atoms with Crippen LogP contribution in [-0.4, -0.2) is 37.8 Å². The molecule has 0 amide bonds. The van der Waals surface area contributed by atoms with Gasteiger partial charge in [0.1, 0.15) is 23.4 Å². The van der Waals surface area contributed by atoms with E-state index < -0.39 is 27.3 Å². The van der Waals surface area contributed by atoms with Crippen LogP contribution in [0.1, 0.15) is 31.9 Å². The number of nitrogens with zero attached hydrogens (tertiary/aromatic N) is 1. The fraction of sp³-hybridized carbons (Fsp3) is 0.300. The third kappa shape index (κ3) is 8.44. The maximum Gasteiger partial charge on any atom is 0.302 e. The van der Waals surface area contributed by atoms with Crippen molar-refractivity contribution in [3.05, 3.63) is 83.9 Å². The first-order valence-electron chi connectivity index (χ1n) is 12.3. The lowest BCUT2D eigenvalue weighted by molar-refractivity contribution is -0.148. The largest absolute Gasteiger partial charge is 0.460 e. The number of hydrogen-bond donors (Lipinski definition) is 0. The number of ether oxygens (including phenoxy) is 2. The maximum absolute atomic E-state index is 12.8. The Morgan fingerprint density at radius 1 is 0.923 bits per heavy atom. The molecule has 1 unspecified atom stereocenters. The van der Waals surface area contributed by atoms with E-state index in [1.54, 1.807) is 74.5 Å². The highest BCUT2D eigenvalue weighted by atomic mass is 32.2. The van der Waals surface area contributed by atoms with Gasteiger partial charge in [0.15, 0.2) is 0 Å². The Kier molecular flexibility index (Phi) is 9.95. The van der Waals surface area contributed by atoms with Crippen LogP contribution in [0, 0.1) is 23.7 Å². The summed E-state index contributed by atoms with van der Waals surface area (Å²) in [6.07, 6.45) is -0.371. The number of ketones is 1. The third-order valence-electron chi connectivity index (χ3n) is 5.96. The molecule has 0 aliphatic rings. The molecule has 3 aromatic carbocycles. The van der Waals surface area contributed by atoms with E-state index >= 15 is 0 Å². The lowest BCUT2D eigenvalue weighted by Gasteiger charge is -2.27. The van der Waals surface area contributed by atoms with Gasteiger partial charge in [-0.25, -0.2) is 8.42 Å². The van der Waals surface area contributed by atoms with Gasteiger partial charge in [-0.1, -0.05) is 29.8 Å². The molecule has 0 radical (unpaired) electrons. The van der Waals surface area contributed by atoms with Crippen LogP contribution in [0.3, 0.4) is 0 Å². The first-order valence-corrected chi connectivity index (χ1v) is 14.9. The number of carbonyl (C=O) groups excluding carboxylic acids is 2. The van der Waals surface area contributed by atoms with Crippen molar-refractivity contribution >= 4 is 33.4 Å². The number of Topliss-reactive ketones (excluding diaryl/α,β-unsaturated/α-hetero) is 1. The Morgan fingerprint density at radius 2 is 1.44 bits per heavy atom. The van der Waals surface area contributed by atoms with E-state index in [0.717, 1.165) is 11.1 Å². The SMILES string of the molecule is CC(=O)OC(CSCC(=O)Cc1ccc(Oc2ccc(S(=O)(=O)c3ccc(C)cc3)cc2)cc1)C(C)(C)C#N. The monoisotopic (exact) mass is 565 g/mol. The molecule has 39 heavy (non-hydrogen) atoms. The number of hydrogen-bond acceptors (Lipinski definition) is 8. The number of rotatable bonds is 12. The lowest BCUT2D eigenvalue weighted by Crippen LogP contribution is -2.34. The van der Waals surface area contributed by atoms with Crippen LogP contribution in [0.25, 0.3) is 0 Å².